The smallest absolute Gasteiger partial charge is 0.339 e. The summed E-state index contributed by atoms with van der Waals surface area (Å²) >= 11 is 3.22. The highest BCUT2D eigenvalue weighted by atomic mass is 79.9. The molecule has 0 saturated carbocycles. The fraction of sp³-hybridized carbons (Fsp3) is 0.200. The number of carbonyl (C=O) groups is 1. The first-order valence-electron chi connectivity index (χ1n) is 4.05. The van der Waals surface area contributed by atoms with E-state index in [0.29, 0.717) is 22.2 Å². The first kappa shape index (κ1) is 10.7. The van der Waals surface area contributed by atoms with Gasteiger partial charge in [-0.25, -0.2) is 4.79 Å². The molecule has 0 spiro atoms. The molecule has 0 N–H and O–H groups in total. The van der Waals surface area contributed by atoms with Gasteiger partial charge >= 0.3 is 5.97 Å². The van der Waals surface area contributed by atoms with Crippen molar-refractivity contribution in [2.45, 2.75) is 6.92 Å². The van der Waals surface area contributed by atoms with Gasteiger partial charge in [-0.05, 0) is 41.1 Å². The largest absolute Gasteiger partial charge is 0.462 e. The molecule has 0 aliphatic heterocycles. The second-order valence-electron chi connectivity index (χ2n) is 2.53. The van der Waals surface area contributed by atoms with E-state index in [4.69, 9.17) is 10.00 Å². The summed E-state index contributed by atoms with van der Waals surface area (Å²) in [4.78, 5) is 11.4. The van der Waals surface area contributed by atoms with Crippen LogP contribution in [0.1, 0.15) is 22.8 Å². The van der Waals surface area contributed by atoms with Gasteiger partial charge in [-0.1, -0.05) is 0 Å². The zero-order valence-corrected chi connectivity index (χ0v) is 9.17. The molecule has 0 aliphatic rings. The minimum atomic E-state index is -0.420. The van der Waals surface area contributed by atoms with Crippen molar-refractivity contribution in [3.8, 4) is 6.07 Å². The molecule has 3 nitrogen and oxygen atoms in total. The maximum Gasteiger partial charge on any atom is 0.339 e. The van der Waals surface area contributed by atoms with Crippen molar-refractivity contribution < 1.29 is 9.53 Å². The van der Waals surface area contributed by atoms with Crippen molar-refractivity contribution >= 4 is 21.9 Å². The van der Waals surface area contributed by atoms with Crippen molar-refractivity contribution in [1.82, 2.24) is 0 Å². The molecule has 0 fully saturated rings. The SMILES string of the molecule is CCOC(=O)c1cc(C#N)ccc1Br. The molecule has 0 aromatic heterocycles. The Hall–Kier alpha value is -1.34. The van der Waals surface area contributed by atoms with Crippen LogP contribution in [0.2, 0.25) is 0 Å². The highest BCUT2D eigenvalue weighted by Gasteiger charge is 2.11. The molecular weight excluding hydrogens is 246 g/mol. The molecule has 0 unspecified atom stereocenters. The molecule has 0 radical (unpaired) electrons. The summed E-state index contributed by atoms with van der Waals surface area (Å²) in [7, 11) is 0. The van der Waals surface area contributed by atoms with Crippen molar-refractivity contribution in [2.24, 2.45) is 0 Å². The Morgan fingerprint density at radius 2 is 2.36 bits per heavy atom. The fourth-order valence-electron chi connectivity index (χ4n) is 0.960. The number of ether oxygens (including phenoxy) is 1. The van der Waals surface area contributed by atoms with E-state index in [2.05, 4.69) is 15.9 Å². The summed E-state index contributed by atoms with van der Waals surface area (Å²) in [6.07, 6.45) is 0. The molecule has 0 aliphatic carbocycles. The van der Waals surface area contributed by atoms with Gasteiger partial charge in [0, 0.05) is 4.47 Å². The average Bonchev–Trinajstić information content (AvgIpc) is 2.19. The van der Waals surface area contributed by atoms with Crippen LogP contribution in [0.25, 0.3) is 0 Å². The Morgan fingerprint density at radius 3 is 2.93 bits per heavy atom. The summed E-state index contributed by atoms with van der Waals surface area (Å²) in [5, 5.41) is 8.65. The van der Waals surface area contributed by atoms with Crippen molar-refractivity contribution in [1.29, 1.82) is 5.26 Å². The van der Waals surface area contributed by atoms with Gasteiger partial charge in [0.25, 0.3) is 0 Å². The van der Waals surface area contributed by atoms with E-state index in [0.717, 1.165) is 0 Å². The van der Waals surface area contributed by atoms with Gasteiger partial charge in [0.2, 0.25) is 0 Å². The lowest BCUT2D eigenvalue weighted by Crippen LogP contribution is -2.05. The number of hydrogen-bond acceptors (Lipinski definition) is 3. The molecule has 14 heavy (non-hydrogen) atoms. The predicted octanol–water partition coefficient (Wildman–Crippen LogP) is 2.50. The second kappa shape index (κ2) is 4.77. The number of carbonyl (C=O) groups excluding carboxylic acids is 1. The van der Waals surface area contributed by atoms with Gasteiger partial charge in [-0.2, -0.15) is 5.26 Å². The van der Waals surface area contributed by atoms with E-state index in [1.54, 1.807) is 19.1 Å². The van der Waals surface area contributed by atoms with Gasteiger partial charge in [0.1, 0.15) is 0 Å². The molecule has 0 heterocycles. The van der Waals surface area contributed by atoms with Gasteiger partial charge < -0.3 is 4.74 Å². The van der Waals surface area contributed by atoms with Crippen molar-refractivity contribution in [3.05, 3.63) is 33.8 Å². The molecule has 0 saturated heterocycles. The Labute approximate surface area is 90.4 Å². The van der Waals surface area contributed by atoms with E-state index in [9.17, 15) is 4.79 Å². The molecule has 0 atom stereocenters. The summed E-state index contributed by atoms with van der Waals surface area (Å²) in [6, 6.07) is 6.75. The maximum absolute atomic E-state index is 11.4. The van der Waals surface area contributed by atoms with Crippen LogP contribution in [0.5, 0.6) is 0 Å². The Balaban J connectivity index is 3.07. The van der Waals surface area contributed by atoms with Crippen LogP contribution in [0.4, 0.5) is 0 Å². The molecule has 1 aromatic rings. The zero-order chi connectivity index (χ0) is 10.6. The van der Waals surface area contributed by atoms with Crippen LogP contribution in [0.15, 0.2) is 22.7 Å². The monoisotopic (exact) mass is 253 g/mol. The van der Waals surface area contributed by atoms with Gasteiger partial charge in [-0.3, -0.25) is 0 Å². The van der Waals surface area contributed by atoms with Crippen molar-refractivity contribution in [2.75, 3.05) is 6.61 Å². The number of benzene rings is 1. The van der Waals surface area contributed by atoms with Crippen LogP contribution in [0, 0.1) is 11.3 Å². The molecule has 1 rings (SSSR count). The summed E-state index contributed by atoms with van der Waals surface area (Å²) in [5.41, 5.74) is 0.821. The molecule has 72 valence electrons. The molecule has 0 amide bonds. The number of nitrogens with zero attached hydrogens (tertiary/aromatic N) is 1. The summed E-state index contributed by atoms with van der Waals surface area (Å²) in [6.45, 7) is 2.06. The van der Waals surface area contributed by atoms with Crippen LogP contribution >= 0.6 is 15.9 Å². The van der Waals surface area contributed by atoms with Gasteiger partial charge in [0.15, 0.2) is 0 Å². The number of rotatable bonds is 2. The lowest BCUT2D eigenvalue weighted by atomic mass is 10.1. The standard InChI is InChI=1S/C10H8BrNO2/c1-2-14-10(13)8-5-7(6-12)3-4-9(8)11/h3-5H,2H2,1H3. The minimum absolute atomic E-state index is 0.321. The second-order valence-corrected chi connectivity index (χ2v) is 3.38. The zero-order valence-electron chi connectivity index (χ0n) is 7.58. The summed E-state index contributed by atoms with van der Waals surface area (Å²) < 4.78 is 5.46. The van der Waals surface area contributed by atoms with Gasteiger partial charge in [-0.15, -0.1) is 0 Å². The van der Waals surface area contributed by atoms with Crippen LogP contribution < -0.4 is 0 Å². The Bertz CT molecular complexity index is 396. The lowest BCUT2D eigenvalue weighted by Gasteiger charge is -2.03. The number of halogens is 1. The van der Waals surface area contributed by atoms with E-state index in [1.165, 1.54) is 6.07 Å². The van der Waals surface area contributed by atoms with Crippen molar-refractivity contribution in [3.63, 3.8) is 0 Å². The highest BCUT2D eigenvalue weighted by Crippen LogP contribution is 2.18. The van der Waals surface area contributed by atoms with E-state index >= 15 is 0 Å². The number of nitriles is 1. The molecule has 0 bridgehead atoms. The van der Waals surface area contributed by atoms with Crippen LogP contribution in [-0.4, -0.2) is 12.6 Å². The van der Waals surface area contributed by atoms with E-state index < -0.39 is 5.97 Å². The Morgan fingerprint density at radius 1 is 1.64 bits per heavy atom. The third-order valence-corrected chi connectivity index (χ3v) is 2.28. The topological polar surface area (TPSA) is 50.1 Å². The first-order valence-corrected chi connectivity index (χ1v) is 4.85. The third-order valence-electron chi connectivity index (χ3n) is 1.59. The quantitative estimate of drug-likeness (QED) is 0.762. The maximum atomic E-state index is 11.4. The van der Waals surface area contributed by atoms with Crippen LogP contribution in [-0.2, 0) is 4.74 Å². The van der Waals surface area contributed by atoms with E-state index in [1.807, 2.05) is 6.07 Å². The first-order chi connectivity index (χ1) is 6.69. The summed E-state index contributed by atoms with van der Waals surface area (Å²) in [5.74, 6) is -0.420. The Kier molecular flexibility index (Phi) is 3.66. The lowest BCUT2D eigenvalue weighted by molar-refractivity contribution is 0.0525. The minimum Gasteiger partial charge on any atom is -0.462 e. The molecular formula is C10H8BrNO2. The normalized spacial score (nSPS) is 9.21. The van der Waals surface area contributed by atoms with Crippen LogP contribution in [0.3, 0.4) is 0 Å². The fourth-order valence-corrected chi connectivity index (χ4v) is 1.37. The number of hydrogen-bond donors (Lipinski definition) is 0. The van der Waals surface area contributed by atoms with E-state index in [-0.39, 0.29) is 0 Å². The average molecular weight is 254 g/mol. The predicted molar refractivity (Wildman–Crippen MR) is 54.8 cm³/mol. The number of esters is 1. The third kappa shape index (κ3) is 2.33. The highest BCUT2D eigenvalue weighted by molar-refractivity contribution is 9.10. The molecule has 1 aromatic carbocycles. The molecule has 4 heteroatoms. The van der Waals surface area contributed by atoms with Gasteiger partial charge in [0.05, 0.1) is 23.8 Å².